The molecule has 0 saturated heterocycles. The van der Waals surface area contributed by atoms with Gasteiger partial charge in [0.25, 0.3) is 0 Å². The third-order valence-electron chi connectivity index (χ3n) is 1.75. The minimum atomic E-state index is -0.513. The Morgan fingerprint density at radius 2 is 2.35 bits per heavy atom. The minimum absolute atomic E-state index is 0.0170. The molecule has 0 amide bonds. The SMILES string of the molecule is CCOC(=O)C(P=P)=C(O)CCC[B]OC=N. The summed E-state index contributed by atoms with van der Waals surface area (Å²) in [4.78, 5) is 11.4. The average molecular weight is 274 g/mol. The first-order chi connectivity index (χ1) is 8.17. The van der Waals surface area contributed by atoms with Crippen LogP contribution in [0.4, 0.5) is 0 Å². The van der Waals surface area contributed by atoms with Gasteiger partial charge in [0.1, 0.15) is 17.5 Å². The highest BCUT2D eigenvalue weighted by Gasteiger charge is 2.13. The zero-order chi connectivity index (χ0) is 13.1. The van der Waals surface area contributed by atoms with Gasteiger partial charge in [0, 0.05) is 6.42 Å². The second kappa shape index (κ2) is 10.3. The van der Waals surface area contributed by atoms with Gasteiger partial charge in [-0.1, -0.05) is 8.53 Å². The number of hydrogen-bond acceptors (Lipinski definition) is 5. The smallest absolute Gasteiger partial charge is 0.371 e. The Morgan fingerprint density at radius 3 is 2.88 bits per heavy atom. The van der Waals surface area contributed by atoms with Crippen molar-refractivity contribution in [2.75, 3.05) is 6.61 Å². The third-order valence-corrected chi connectivity index (χ3v) is 3.09. The Balaban J connectivity index is 4.19. The van der Waals surface area contributed by atoms with Crippen LogP contribution in [0.25, 0.3) is 0 Å². The van der Waals surface area contributed by atoms with Crippen molar-refractivity contribution in [1.82, 2.24) is 0 Å². The molecule has 0 atom stereocenters. The highest BCUT2D eigenvalue weighted by Crippen LogP contribution is 2.24. The molecule has 5 nitrogen and oxygen atoms in total. The summed E-state index contributed by atoms with van der Waals surface area (Å²) in [7, 11) is 5.13. The van der Waals surface area contributed by atoms with Crippen molar-refractivity contribution in [3.63, 3.8) is 0 Å². The first-order valence-electron chi connectivity index (χ1n) is 5.10. The van der Waals surface area contributed by atoms with Gasteiger partial charge < -0.3 is 14.5 Å². The van der Waals surface area contributed by atoms with Gasteiger partial charge in [0.2, 0.25) is 0 Å². The number of esters is 1. The average Bonchev–Trinajstić information content (AvgIpc) is 2.30. The zero-order valence-electron chi connectivity index (χ0n) is 9.60. The fraction of sp³-hybridized carbons (Fsp3) is 0.556. The fourth-order valence-corrected chi connectivity index (χ4v) is 2.07. The molecule has 0 aliphatic carbocycles. The molecule has 0 fully saturated rings. The Labute approximate surface area is 105 Å². The van der Waals surface area contributed by atoms with Gasteiger partial charge in [-0.25, -0.2) is 4.79 Å². The maximum absolute atomic E-state index is 11.4. The first-order valence-corrected chi connectivity index (χ1v) is 7.33. The molecule has 0 spiro atoms. The summed E-state index contributed by atoms with van der Waals surface area (Å²) in [6.45, 7) is 1.99. The van der Waals surface area contributed by atoms with Crippen LogP contribution in [0, 0.1) is 5.41 Å². The summed E-state index contributed by atoms with van der Waals surface area (Å²) in [5, 5.41) is 16.5. The van der Waals surface area contributed by atoms with Gasteiger partial charge in [0.15, 0.2) is 0 Å². The van der Waals surface area contributed by atoms with Crippen LogP contribution < -0.4 is 0 Å². The lowest BCUT2D eigenvalue weighted by atomic mass is 9.91. The van der Waals surface area contributed by atoms with E-state index in [1.54, 1.807) is 6.92 Å². The Kier molecular flexibility index (Phi) is 9.79. The van der Waals surface area contributed by atoms with E-state index >= 15 is 0 Å². The number of aliphatic hydroxyl groups is 1. The molecule has 0 rings (SSSR count). The van der Waals surface area contributed by atoms with Gasteiger partial charge in [-0.05, 0) is 27.5 Å². The number of hydrogen-bond donors (Lipinski definition) is 2. The van der Waals surface area contributed by atoms with Crippen molar-refractivity contribution in [1.29, 1.82) is 5.41 Å². The van der Waals surface area contributed by atoms with Crippen molar-refractivity contribution in [2.45, 2.75) is 26.1 Å². The molecule has 0 unspecified atom stereocenters. The molecule has 0 aromatic carbocycles. The van der Waals surface area contributed by atoms with Gasteiger partial charge in [-0.3, -0.25) is 5.41 Å². The largest absolute Gasteiger partial charge is 0.556 e. The lowest BCUT2D eigenvalue weighted by Gasteiger charge is -2.05. The summed E-state index contributed by atoms with van der Waals surface area (Å²) >= 11 is 0. The van der Waals surface area contributed by atoms with E-state index < -0.39 is 5.97 Å². The van der Waals surface area contributed by atoms with Gasteiger partial charge in [-0.15, -0.1) is 0 Å². The van der Waals surface area contributed by atoms with Crippen LogP contribution in [0.15, 0.2) is 11.1 Å². The Hall–Kier alpha value is -0.855. The Morgan fingerprint density at radius 1 is 1.65 bits per heavy atom. The van der Waals surface area contributed by atoms with Crippen LogP contribution in [0.1, 0.15) is 19.8 Å². The summed E-state index contributed by atoms with van der Waals surface area (Å²) in [5.74, 6) is -0.496. The van der Waals surface area contributed by atoms with E-state index in [1.165, 1.54) is 7.48 Å². The van der Waals surface area contributed by atoms with E-state index in [-0.39, 0.29) is 17.7 Å². The van der Waals surface area contributed by atoms with Gasteiger partial charge in [0.05, 0.1) is 6.61 Å². The van der Waals surface area contributed by atoms with E-state index in [9.17, 15) is 9.90 Å². The summed E-state index contributed by atoms with van der Waals surface area (Å²) < 4.78 is 9.41. The molecule has 0 aliphatic heterocycles. The van der Waals surface area contributed by atoms with Crippen LogP contribution in [-0.4, -0.2) is 31.6 Å². The van der Waals surface area contributed by atoms with Crippen LogP contribution in [0.2, 0.25) is 6.32 Å². The number of ether oxygens (including phenoxy) is 1. The summed E-state index contributed by atoms with van der Waals surface area (Å²) in [6, 6.07) is 0. The molecular weight excluding hydrogens is 259 g/mol. The summed E-state index contributed by atoms with van der Waals surface area (Å²) in [6.07, 6.45) is 2.42. The lowest BCUT2D eigenvalue weighted by molar-refractivity contribution is -0.137. The first kappa shape index (κ1) is 16.1. The molecule has 0 saturated carbocycles. The van der Waals surface area contributed by atoms with Crippen molar-refractivity contribution >= 4 is 36.2 Å². The van der Waals surface area contributed by atoms with Gasteiger partial charge in [-0.2, -0.15) is 0 Å². The quantitative estimate of drug-likeness (QED) is 0.0990. The molecule has 0 heterocycles. The predicted molar refractivity (Wildman–Crippen MR) is 71.2 cm³/mol. The third kappa shape index (κ3) is 7.14. The van der Waals surface area contributed by atoms with Crippen LogP contribution >= 0.6 is 16.4 Å². The number of rotatable bonds is 9. The number of nitrogens with one attached hydrogen (secondary N) is 1. The van der Waals surface area contributed by atoms with E-state index in [2.05, 4.69) is 13.2 Å². The highest BCUT2D eigenvalue weighted by atomic mass is 31.7. The lowest BCUT2D eigenvalue weighted by Crippen LogP contribution is -2.06. The second-order valence-electron chi connectivity index (χ2n) is 2.94. The number of carbonyl (C=O) groups is 1. The predicted octanol–water partition coefficient (Wildman–Crippen LogP) is 2.76. The van der Waals surface area contributed by atoms with Crippen molar-refractivity contribution in [3.05, 3.63) is 11.1 Å². The van der Waals surface area contributed by atoms with E-state index in [0.717, 1.165) is 6.40 Å². The zero-order valence-corrected chi connectivity index (χ0v) is 11.5. The van der Waals surface area contributed by atoms with Crippen LogP contribution in [0.3, 0.4) is 0 Å². The molecule has 0 aliphatic rings. The van der Waals surface area contributed by atoms with Crippen molar-refractivity contribution < 1.29 is 19.3 Å². The van der Waals surface area contributed by atoms with E-state index in [4.69, 9.17) is 10.1 Å². The minimum Gasteiger partial charge on any atom is -0.556 e. The van der Waals surface area contributed by atoms with E-state index in [0.29, 0.717) is 27.0 Å². The topological polar surface area (TPSA) is 79.6 Å². The molecule has 8 heteroatoms. The van der Waals surface area contributed by atoms with E-state index in [1.807, 2.05) is 0 Å². The molecule has 0 bridgehead atoms. The monoisotopic (exact) mass is 274 g/mol. The molecule has 17 heavy (non-hydrogen) atoms. The maximum atomic E-state index is 11.4. The fourth-order valence-electron chi connectivity index (χ4n) is 1.01. The molecule has 93 valence electrons. The van der Waals surface area contributed by atoms with Gasteiger partial charge >= 0.3 is 13.5 Å². The van der Waals surface area contributed by atoms with Crippen molar-refractivity contribution in [2.24, 2.45) is 0 Å². The van der Waals surface area contributed by atoms with Crippen molar-refractivity contribution in [3.8, 4) is 0 Å². The molecule has 1 radical (unpaired) electrons. The Bertz CT molecular complexity index is 309. The van der Waals surface area contributed by atoms with Crippen LogP contribution in [-0.2, 0) is 14.2 Å². The number of carbonyl (C=O) groups excluding carboxylic acids is 1. The maximum Gasteiger partial charge on any atom is 0.371 e. The summed E-state index contributed by atoms with van der Waals surface area (Å²) in [5.41, 5.74) is 0. The normalized spacial score (nSPS) is 11.6. The number of allylic oxidation sites excluding steroid dienone is 1. The molecule has 0 aromatic heterocycles. The molecular formula is C9H15BNO4P2. The molecule has 2 N–H and O–H groups in total. The standard InChI is InChI=1S/C9H15BNO4P2/c1-2-14-9(13)8(17-16)7(12)4-3-5-10-15-6-11/h6,11-12,16H,2-5H2,1H3. The second-order valence-corrected chi connectivity index (χ2v) is 4.28. The highest BCUT2D eigenvalue weighted by molar-refractivity contribution is 7.77. The van der Waals surface area contributed by atoms with Crippen LogP contribution in [0.5, 0.6) is 0 Å². The molecule has 0 aromatic rings. The number of aliphatic hydroxyl groups excluding tert-OH is 1.